The van der Waals surface area contributed by atoms with E-state index in [1.165, 1.54) is 6.21 Å². The van der Waals surface area contributed by atoms with Gasteiger partial charge in [0.2, 0.25) is 0 Å². The highest BCUT2D eigenvalue weighted by atomic mass is 35.5. The van der Waals surface area contributed by atoms with Crippen LogP contribution in [0, 0.1) is 12.3 Å². The molecule has 0 saturated carbocycles. The second kappa shape index (κ2) is 5.72. The number of hydrogen-bond donors (Lipinski definition) is 2. The van der Waals surface area contributed by atoms with Gasteiger partial charge >= 0.3 is 0 Å². The normalized spacial score (nSPS) is 10.0. The summed E-state index contributed by atoms with van der Waals surface area (Å²) in [5, 5.41) is 11.0. The first-order valence-electron chi connectivity index (χ1n) is 5.94. The van der Waals surface area contributed by atoms with Crippen LogP contribution in [0.5, 0.6) is 0 Å². The van der Waals surface area contributed by atoms with E-state index in [1.807, 2.05) is 43.3 Å². The summed E-state index contributed by atoms with van der Waals surface area (Å²) in [6.07, 6.45) is 1.24. The van der Waals surface area contributed by atoms with Gasteiger partial charge < -0.3 is 10.7 Å². The first-order valence-corrected chi connectivity index (χ1v) is 6.32. The van der Waals surface area contributed by atoms with Crippen LogP contribution < -0.4 is 5.32 Å². The van der Waals surface area contributed by atoms with Crippen LogP contribution in [0.3, 0.4) is 0 Å². The van der Waals surface area contributed by atoms with Crippen molar-refractivity contribution in [3.8, 4) is 0 Å². The van der Waals surface area contributed by atoms with E-state index in [1.54, 1.807) is 6.07 Å². The number of hydrogen-bond acceptors (Lipinski definition) is 2. The van der Waals surface area contributed by atoms with Crippen molar-refractivity contribution in [3.05, 3.63) is 70.8 Å². The third-order valence-electron chi connectivity index (χ3n) is 2.94. The van der Waals surface area contributed by atoms with E-state index in [-0.39, 0.29) is 0 Å². The van der Waals surface area contributed by atoms with Crippen molar-refractivity contribution in [1.29, 1.82) is 5.41 Å². The van der Waals surface area contributed by atoms with E-state index in [0.29, 0.717) is 10.6 Å². The molecule has 0 aliphatic rings. The van der Waals surface area contributed by atoms with Crippen LogP contribution in [0.2, 0.25) is 5.02 Å². The molecule has 0 unspecified atom stereocenters. The van der Waals surface area contributed by atoms with E-state index < -0.39 is 0 Å². The second-order valence-corrected chi connectivity index (χ2v) is 4.65. The van der Waals surface area contributed by atoms with Crippen molar-refractivity contribution in [2.24, 2.45) is 0 Å². The molecular formula is C16H15ClN2. The van der Waals surface area contributed by atoms with Gasteiger partial charge in [0.1, 0.15) is 0 Å². The van der Waals surface area contributed by atoms with E-state index in [4.69, 9.17) is 17.0 Å². The molecule has 0 radical (unpaired) electrons. The molecule has 0 heterocycles. The monoisotopic (exact) mass is 270 g/mol. The van der Waals surface area contributed by atoms with E-state index in [9.17, 15) is 0 Å². The zero-order chi connectivity index (χ0) is 13.8. The van der Waals surface area contributed by atoms with Crippen LogP contribution in [0.4, 0.5) is 5.69 Å². The van der Waals surface area contributed by atoms with Crippen molar-refractivity contribution in [2.45, 2.75) is 6.92 Å². The first kappa shape index (κ1) is 13.4. The molecule has 0 fully saturated rings. The van der Waals surface area contributed by atoms with Gasteiger partial charge in [0.15, 0.2) is 0 Å². The van der Waals surface area contributed by atoms with Crippen molar-refractivity contribution in [1.82, 2.24) is 0 Å². The van der Waals surface area contributed by atoms with Crippen molar-refractivity contribution >= 4 is 29.2 Å². The predicted octanol–water partition coefficient (Wildman–Crippen LogP) is 4.73. The first-order chi connectivity index (χ1) is 9.13. The molecule has 2 aromatic carbocycles. The molecule has 0 aliphatic carbocycles. The third kappa shape index (κ3) is 2.85. The summed E-state index contributed by atoms with van der Waals surface area (Å²) in [4.78, 5) is 0. The van der Waals surface area contributed by atoms with Gasteiger partial charge in [-0.1, -0.05) is 54.6 Å². The highest BCUT2D eigenvalue weighted by molar-refractivity contribution is 6.35. The molecule has 2 rings (SSSR count). The summed E-state index contributed by atoms with van der Waals surface area (Å²) in [5.41, 5.74) is 4.44. The minimum absolute atomic E-state index is 0.534. The fourth-order valence-corrected chi connectivity index (χ4v) is 2.13. The summed E-state index contributed by atoms with van der Waals surface area (Å²) in [7, 11) is 0. The maximum absolute atomic E-state index is 7.30. The number of aryl methyl sites for hydroxylation is 1. The third-order valence-corrected chi connectivity index (χ3v) is 3.36. The highest BCUT2D eigenvalue weighted by Gasteiger charge is 2.07. The number of halogens is 1. The van der Waals surface area contributed by atoms with Gasteiger partial charge in [0, 0.05) is 23.0 Å². The Morgan fingerprint density at radius 2 is 1.95 bits per heavy atom. The molecular weight excluding hydrogens is 256 g/mol. The summed E-state index contributed by atoms with van der Waals surface area (Å²) in [6.45, 7) is 6.09. The fraction of sp³-hybridized carbons (Fsp3) is 0.0625. The van der Waals surface area contributed by atoms with Crippen molar-refractivity contribution < 1.29 is 0 Å². The number of nitrogens with one attached hydrogen (secondary N) is 2. The maximum atomic E-state index is 7.30. The lowest BCUT2D eigenvalue weighted by Gasteiger charge is -2.14. The molecule has 0 amide bonds. The Labute approximate surface area is 118 Å². The quantitative estimate of drug-likeness (QED) is 0.774. The Hall–Kier alpha value is -2.06. The molecule has 0 bridgehead atoms. The number of benzene rings is 2. The molecule has 96 valence electrons. The summed E-state index contributed by atoms with van der Waals surface area (Å²) >= 11 is 6.23. The van der Waals surface area contributed by atoms with Gasteiger partial charge in [0.05, 0.1) is 10.7 Å². The van der Waals surface area contributed by atoms with Crippen LogP contribution in [0.15, 0.2) is 49.0 Å². The van der Waals surface area contributed by atoms with Crippen LogP contribution in [0.1, 0.15) is 16.7 Å². The lowest BCUT2D eigenvalue weighted by atomic mass is 10.1. The van der Waals surface area contributed by atoms with Gasteiger partial charge in [-0.25, -0.2) is 0 Å². The molecule has 2 nitrogen and oxygen atoms in total. The average Bonchev–Trinajstić information content (AvgIpc) is 2.41. The Kier molecular flexibility index (Phi) is 4.03. The lowest BCUT2D eigenvalue weighted by molar-refractivity contribution is 1.41. The SMILES string of the molecule is C=C(Nc1cccc(C=N)c1Cl)c1ccccc1C. The van der Waals surface area contributed by atoms with Crippen LogP contribution in [0.25, 0.3) is 5.70 Å². The second-order valence-electron chi connectivity index (χ2n) is 4.27. The fourth-order valence-electron chi connectivity index (χ4n) is 1.90. The largest absolute Gasteiger partial charge is 0.354 e. The average molecular weight is 271 g/mol. The van der Waals surface area contributed by atoms with Gasteiger partial charge in [0.25, 0.3) is 0 Å². The van der Waals surface area contributed by atoms with Crippen LogP contribution in [-0.2, 0) is 0 Å². The van der Waals surface area contributed by atoms with E-state index in [0.717, 1.165) is 22.5 Å². The lowest BCUT2D eigenvalue weighted by Crippen LogP contribution is -2.00. The minimum Gasteiger partial charge on any atom is -0.354 e. The van der Waals surface area contributed by atoms with E-state index >= 15 is 0 Å². The molecule has 3 heteroatoms. The molecule has 0 atom stereocenters. The Bertz CT molecular complexity index is 632. The van der Waals surface area contributed by atoms with Gasteiger partial charge in [-0.15, -0.1) is 0 Å². The van der Waals surface area contributed by atoms with Crippen LogP contribution in [-0.4, -0.2) is 6.21 Å². The molecule has 2 N–H and O–H groups in total. The standard InChI is InChI=1S/C16H15ClN2/c1-11-6-3-4-8-14(11)12(2)19-15-9-5-7-13(10-18)16(15)17/h3-10,18-19H,2H2,1H3. The minimum atomic E-state index is 0.534. The van der Waals surface area contributed by atoms with Gasteiger partial charge in [-0.3, -0.25) is 0 Å². The summed E-state index contributed by atoms with van der Waals surface area (Å²) in [6, 6.07) is 13.6. The molecule has 0 aromatic heterocycles. The van der Waals surface area contributed by atoms with Gasteiger partial charge in [-0.05, 0) is 18.6 Å². The molecule has 0 aliphatic heterocycles. The number of anilines is 1. The summed E-state index contributed by atoms with van der Waals surface area (Å²) < 4.78 is 0. The molecule has 19 heavy (non-hydrogen) atoms. The van der Waals surface area contributed by atoms with Crippen LogP contribution >= 0.6 is 11.6 Å². The molecule has 0 saturated heterocycles. The maximum Gasteiger partial charge on any atom is 0.0728 e. The summed E-state index contributed by atoms with van der Waals surface area (Å²) in [5.74, 6) is 0. The number of rotatable bonds is 4. The highest BCUT2D eigenvalue weighted by Crippen LogP contribution is 2.28. The molecule has 2 aromatic rings. The smallest absolute Gasteiger partial charge is 0.0728 e. The topological polar surface area (TPSA) is 35.9 Å². The van der Waals surface area contributed by atoms with Crippen molar-refractivity contribution in [2.75, 3.05) is 5.32 Å². The zero-order valence-electron chi connectivity index (χ0n) is 10.7. The Balaban J connectivity index is 2.30. The Morgan fingerprint density at radius 3 is 2.63 bits per heavy atom. The van der Waals surface area contributed by atoms with E-state index in [2.05, 4.69) is 11.9 Å². The zero-order valence-corrected chi connectivity index (χ0v) is 11.5. The Morgan fingerprint density at radius 1 is 1.21 bits per heavy atom. The molecule has 0 spiro atoms. The van der Waals surface area contributed by atoms with Gasteiger partial charge in [-0.2, -0.15) is 0 Å². The predicted molar refractivity (Wildman–Crippen MR) is 83.2 cm³/mol. The van der Waals surface area contributed by atoms with Crippen molar-refractivity contribution in [3.63, 3.8) is 0 Å².